The summed E-state index contributed by atoms with van der Waals surface area (Å²) in [5, 5.41) is 13.5. The molecule has 1 N–H and O–H groups in total. The Bertz CT molecular complexity index is 661. The normalized spacial score (nSPS) is 18.9. The second-order valence-electron chi connectivity index (χ2n) is 6.88. The third-order valence-corrected chi connectivity index (χ3v) is 5.45. The first kappa shape index (κ1) is 17.4. The molecule has 130 valence electrons. The monoisotopic (exact) mass is 346 g/mol. The summed E-state index contributed by atoms with van der Waals surface area (Å²) in [5.74, 6) is 0.892. The van der Waals surface area contributed by atoms with Crippen molar-refractivity contribution in [2.75, 3.05) is 13.2 Å². The fourth-order valence-electron chi connectivity index (χ4n) is 3.40. The van der Waals surface area contributed by atoms with Gasteiger partial charge in [-0.2, -0.15) is 0 Å². The summed E-state index contributed by atoms with van der Waals surface area (Å²) in [7, 11) is 0. The maximum absolute atomic E-state index is 10.3. The third-order valence-electron chi connectivity index (χ3n) is 4.51. The lowest BCUT2D eigenvalue weighted by Gasteiger charge is -2.33. The Labute approximate surface area is 148 Å². The third kappa shape index (κ3) is 3.97. The number of aromatic nitrogens is 1. The van der Waals surface area contributed by atoms with Crippen LogP contribution in [0.25, 0.3) is 10.6 Å². The zero-order chi connectivity index (χ0) is 17.2. The van der Waals surface area contributed by atoms with Crippen LogP contribution in [-0.4, -0.2) is 39.8 Å². The summed E-state index contributed by atoms with van der Waals surface area (Å²) in [6.45, 7) is 8.32. The van der Waals surface area contributed by atoms with Crippen molar-refractivity contribution in [2.24, 2.45) is 0 Å². The number of nitrogens with zero attached hydrogens (tertiary/aromatic N) is 2. The SMILES string of the molecule is CCOc1ccc(-c2nc(CN3CCC[C@H]3C(C)(C)O)cs2)cc1. The van der Waals surface area contributed by atoms with Crippen LogP contribution in [0.2, 0.25) is 0 Å². The Hall–Kier alpha value is -1.43. The number of hydrogen-bond donors (Lipinski definition) is 1. The van der Waals surface area contributed by atoms with Crippen molar-refractivity contribution in [1.29, 1.82) is 0 Å². The van der Waals surface area contributed by atoms with E-state index >= 15 is 0 Å². The molecule has 0 unspecified atom stereocenters. The van der Waals surface area contributed by atoms with Gasteiger partial charge < -0.3 is 9.84 Å². The van der Waals surface area contributed by atoms with Gasteiger partial charge in [0, 0.05) is 23.5 Å². The van der Waals surface area contributed by atoms with Crippen molar-refractivity contribution >= 4 is 11.3 Å². The van der Waals surface area contributed by atoms with Crippen LogP contribution in [-0.2, 0) is 6.54 Å². The minimum Gasteiger partial charge on any atom is -0.494 e. The highest BCUT2D eigenvalue weighted by molar-refractivity contribution is 7.13. The quantitative estimate of drug-likeness (QED) is 0.860. The highest BCUT2D eigenvalue weighted by atomic mass is 32.1. The molecule has 1 aliphatic rings. The molecule has 4 nitrogen and oxygen atoms in total. The van der Waals surface area contributed by atoms with Crippen molar-refractivity contribution in [2.45, 2.75) is 51.8 Å². The second-order valence-corrected chi connectivity index (χ2v) is 7.74. The van der Waals surface area contributed by atoms with E-state index in [-0.39, 0.29) is 6.04 Å². The van der Waals surface area contributed by atoms with Crippen LogP contribution < -0.4 is 4.74 Å². The minimum absolute atomic E-state index is 0.216. The molecule has 3 rings (SSSR count). The van der Waals surface area contributed by atoms with E-state index < -0.39 is 5.60 Å². The molecule has 1 aliphatic heterocycles. The Balaban J connectivity index is 1.69. The van der Waals surface area contributed by atoms with E-state index in [1.807, 2.05) is 32.9 Å². The summed E-state index contributed by atoms with van der Waals surface area (Å²) < 4.78 is 5.49. The van der Waals surface area contributed by atoms with Crippen molar-refractivity contribution in [3.05, 3.63) is 35.3 Å². The summed E-state index contributed by atoms with van der Waals surface area (Å²) in [5.41, 5.74) is 1.54. The van der Waals surface area contributed by atoms with Gasteiger partial charge >= 0.3 is 0 Å². The smallest absolute Gasteiger partial charge is 0.123 e. The van der Waals surface area contributed by atoms with Gasteiger partial charge in [-0.25, -0.2) is 4.98 Å². The molecule has 0 radical (unpaired) electrons. The summed E-state index contributed by atoms with van der Waals surface area (Å²) in [6.07, 6.45) is 2.20. The fourth-order valence-corrected chi connectivity index (χ4v) is 4.21. The van der Waals surface area contributed by atoms with Gasteiger partial charge in [0.1, 0.15) is 10.8 Å². The maximum Gasteiger partial charge on any atom is 0.123 e. The molecule has 1 aromatic carbocycles. The molecule has 0 spiro atoms. The number of aliphatic hydroxyl groups is 1. The van der Waals surface area contributed by atoms with E-state index in [1.54, 1.807) is 11.3 Å². The average molecular weight is 346 g/mol. The number of likely N-dealkylation sites (tertiary alicyclic amines) is 1. The number of benzene rings is 1. The van der Waals surface area contributed by atoms with E-state index in [2.05, 4.69) is 22.4 Å². The van der Waals surface area contributed by atoms with Crippen LogP contribution in [0.5, 0.6) is 5.75 Å². The van der Waals surface area contributed by atoms with Crippen LogP contribution in [0, 0.1) is 0 Å². The van der Waals surface area contributed by atoms with E-state index in [0.717, 1.165) is 47.9 Å². The van der Waals surface area contributed by atoms with Gasteiger partial charge in [-0.3, -0.25) is 4.90 Å². The molecule has 1 saturated heterocycles. The first-order chi connectivity index (χ1) is 11.5. The topological polar surface area (TPSA) is 45.6 Å². The van der Waals surface area contributed by atoms with Gasteiger partial charge in [-0.05, 0) is 64.4 Å². The second kappa shape index (κ2) is 7.21. The van der Waals surface area contributed by atoms with Crippen molar-refractivity contribution in [3.63, 3.8) is 0 Å². The fraction of sp³-hybridized carbons (Fsp3) is 0.526. The highest BCUT2D eigenvalue weighted by Crippen LogP contribution is 2.30. The van der Waals surface area contributed by atoms with Gasteiger partial charge in [0.2, 0.25) is 0 Å². The lowest BCUT2D eigenvalue weighted by atomic mass is 9.96. The first-order valence-corrected chi connectivity index (χ1v) is 9.49. The maximum atomic E-state index is 10.3. The van der Waals surface area contributed by atoms with Crippen molar-refractivity contribution < 1.29 is 9.84 Å². The molecule has 5 heteroatoms. The first-order valence-electron chi connectivity index (χ1n) is 8.61. The Morgan fingerprint density at radius 2 is 2.08 bits per heavy atom. The Morgan fingerprint density at radius 1 is 1.33 bits per heavy atom. The molecular weight excluding hydrogens is 320 g/mol. The van der Waals surface area contributed by atoms with Crippen LogP contribution >= 0.6 is 11.3 Å². The number of hydrogen-bond acceptors (Lipinski definition) is 5. The predicted molar refractivity (Wildman–Crippen MR) is 98.4 cm³/mol. The lowest BCUT2D eigenvalue weighted by Crippen LogP contribution is -2.45. The zero-order valence-corrected chi connectivity index (χ0v) is 15.5. The van der Waals surface area contributed by atoms with Gasteiger partial charge in [-0.1, -0.05) is 0 Å². The predicted octanol–water partition coefficient (Wildman–Crippen LogP) is 3.94. The van der Waals surface area contributed by atoms with E-state index in [0.29, 0.717) is 6.61 Å². The molecule has 2 aromatic rings. The average Bonchev–Trinajstić information content (AvgIpc) is 3.18. The van der Waals surface area contributed by atoms with E-state index in [1.165, 1.54) is 0 Å². The van der Waals surface area contributed by atoms with Crippen LogP contribution in [0.15, 0.2) is 29.6 Å². The molecule has 0 saturated carbocycles. The van der Waals surface area contributed by atoms with Crippen LogP contribution in [0.4, 0.5) is 0 Å². The summed E-state index contributed by atoms with van der Waals surface area (Å²) in [6, 6.07) is 8.31. The molecule has 24 heavy (non-hydrogen) atoms. The van der Waals surface area contributed by atoms with Gasteiger partial charge in [0.25, 0.3) is 0 Å². The molecule has 2 heterocycles. The molecule has 1 atom stereocenters. The Kier molecular flexibility index (Phi) is 5.23. The molecule has 0 amide bonds. The molecule has 1 aromatic heterocycles. The number of ether oxygens (including phenoxy) is 1. The van der Waals surface area contributed by atoms with Gasteiger partial charge in [0.15, 0.2) is 0 Å². The molecule has 0 bridgehead atoms. The zero-order valence-electron chi connectivity index (χ0n) is 14.7. The van der Waals surface area contributed by atoms with E-state index in [4.69, 9.17) is 9.72 Å². The highest BCUT2D eigenvalue weighted by Gasteiger charge is 2.35. The summed E-state index contributed by atoms with van der Waals surface area (Å²) >= 11 is 1.67. The molecule has 1 fully saturated rings. The van der Waals surface area contributed by atoms with Gasteiger partial charge in [0.05, 0.1) is 17.9 Å². The molecule has 0 aliphatic carbocycles. The van der Waals surface area contributed by atoms with Crippen molar-refractivity contribution in [3.8, 4) is 16.3 Å². The largest absolute Gasteiger partial charge is 0.494 e. The van der Waals surface area contributed by atoms with E-state index in [9.17, 15) is 5.11 Å². The van der Waals surface area contributed by atoms with Crippen LogP contribution in [0.3, 0.4) is 0 Å². The number of thiazole rings is 1. The van der Waals surface area contributed by atoms with Crippen LogP contribution in [0.1, 0.15) is 39.3 Å². The summed E-state index contributed by atoms with van der Waals surface area (Å²) in [4.78, 5) is 7.15. The molecular formula is C19H26N2O2S. The lowest BCUT2D eigenvalue weighted by molar-refractivity contribution is -0.00530. The van der Waals surface area contributed by atoms with Crippen molar-refractivity contribution in [1.82, 2.24) is 9.88 Å². The Morgan fingerprint density at radius 3 is 2.75 bits per heavy atom. The minimum atomic E-state index is -0.662. The number of rotatable bonds is 6. The van der Waals surface area contributed by atoms with Gasteiger partial charge in [-0.15, -0.1) is 11.3 Å². The standard InChI is InChI=1S/C19H26N2O2S/c1-4-23-16-9-7-14(8-10-16)18-20-15(13-24-18)12-21-11-5-6-17(21)19(2,3)22/h7-10,13,17,22H,4-6,11-12H2,1-3H3/t17-/m0/s1.